The van der Waals surface area contributed by atoms with Gasteiger partial charge in [-0.3, -0.25) is 0 Å². The Labute approximate surface area is 225 Å². The fourth-order valence-electron chi connectivity index (χ4n) is 3.96. The molecule has 0 aromatic rings. The summed E-state index contributed by atoms with van der Waals surface area (Å²) < 4.78 is 18.8. The van der Waals surface area contributed by atoms with Crippen molar-refractivity contribution in [2.75, 3.05) is 0 Å². The minimum atomic E-state index is -2.54. The minimum Gasteiger partial charge on any atom is -0.353 e. The molecule has 3 atom stereocenters. The summed E-state index contributed by atoms with van der Waals surface area (Å²) in [6.45, 7) is 12.8. The van der Waals surface area contributed by atoms with E-state index in [9.17, 15) is 0 Å². The van der Waals surface area contributed by atoms with Gasteiger partial charge in [0, 0.05) is 0 Å². The lowest BCUT2D eigenvalue weighted by molar-refractivity contribution is 0.364. The lowest BCUT2D eigenvalue weighted by atomic mass is 10.2. The van der Waals surface area contributed by atoms with Gasteiger partial charge in [0.2, 0.25) is 25.0 Å². The Morgan fingerprint density at radius 3 is 1.00 bits per heavy atom. The molecule has 34 heavy (non-hydrogen) atoms. The van der Waals surface area contributed by atoms with Crippen molar-refractivity contribution in [3.8, 4) is 0 Å². The first-order valence-electron chi connectivity index (χ1n) is 11.6. The van der Waals surface area contributed by atoms with E-state index < -0.39 is 47.0 Å². The van der Waals surface area contributed by atoms with Gasteiger partial charge in [-0.05, 0) is 58.5 Å². The van der Waals surface area contributed by atoms with Gasteiger partial charge in [0.05, 0.1) is 13.5 Å². The van der Waals surface area contributed by atoms with Crippen LogP contribution in [0.1, 0.15) is 19.3 Å². The number of halogens is 3. The van der Waals surface area contributed by atoms with Crippen LogP contribution in [0.15, 0.2) is 72.9 Å². The van der Waals surface area contributed by atoms with Crippen LogP contribution in [-0.2, 0) is 12.6 Å². The summed E-state index contributed by atoms with van der Waals surface area (Å²) in [6, 6.07) is 0. The number of rotatable bonds is 9. The molecule has 3 aliphatic carbocycles. The fourth-order valence-corrected chi connectivity index (χ4v) is 16.4. The Bertz CT molecular complexity index is 828. The molecule has 0 fully saturated rings. The molecule has 0 N–H and O–H groups in total. The van der Waals surface area contributed by atoms with Crippen molar-refractivity contribution in [3.63, 3.8) is 0 Å². The first-order chi connectivity index (χ1) is 15.7. The fraction of sp³-hybridized carbons (Fsp3) is 0.500. The standard InChI is InChI=1S/C24H36Cl3O3PSi3/c1-32(2,22(25)16-10-7-11-17-22)28-31(29-33(3,4)23(26)18-12-8-13-19-23)30-34(5,6)24(27)20-14-9-15-21-24/h7-16,18,20H,17,19,21H2,1-6H3. The van der Waals surface area contributed by atoms with E-state index in [0.717, 1.165) is 19.3 Å². The topological polar surface area (TPSA) is 27.7 Å². The first kappa shape index (κ1) is 28.8. The summed E-state index contributed by atoms with van der Waals surface area (Å²) in [5.74, 6) is 0. The van der Waals surface area contributed by atoms with Crippen molar-refractivity contribution in [2.24, 2.45) is 0 Å². The Kier molecular flexibility index (Phi) is 8.96. The molecule has 3 unspecified atom stereocenters. The van der Waals surface area contributed by atoms with Crippen LogP contribution in [0.25, 0.3) is 0 Å². The molecule has 0 bridgehead atoms. The molecular weight excluding hydrogens is 558 g/mol. The maximum absolute atomic E-state index is 7.13. The third-order valence-electron chi connectivity index (χ3n) is 6.98. The minimum absolute atomic E-state index is 0.579. The van der Waals surface area contributed by atoms with E-state index in [2.05, 4.69) is 75.7 Å². The smallest absolute Gasteiger partial charge is 0.300 e. The monoisotopic (exact) mass is 592 g/mol. The predicted octanol–water partition coefficient (Wildman–Crippen LogP) is 8.98. The zero-order chi connectivity index (χ0) is 25.3. The van der Waals surface area contributed by atoms with Crippen LogP contribution in [0.3, 0.4) is 0 Å². The molecule has 3 aliphatic rings. The number of alkyl halides is 3. The molecule has 0 heterocycles. The van der Waals surface area contributed by atoms with Gasteiger partial charge in [0.1, 0.15) is 0 Å². The molecule has 0 radical (unpaired) electrons. The average molecular weight is 594 g/mol. The van der Waals surface area contributed by atoms with E-state index in [1.54, 1.807) is 0 Å². The maximum atomic E-state index is 7.13. The van der Waals surface area contributed by atoms with Gasteiger partial charge in [-0.2, -0.15) is 0 Å². The first-order valence-corrected chi connectivity index (χ1v) is 22.6. The van der Waals surface area contributed by atoms with E-state index in [-0.39, 0.29) is 0 Å². The van der Waals surface area contributed by atoms with Crippen LogP contribution < -0.4 is 0 Å². The second-order valence-electron chi connectivity index (χ2n) is 10.6. The van der Waals surface area contributed by atoms with Gasteiger partial charge in [0.25, 0.3) is 8.60 Å². The Balaban J connectivity index is 1.91. The summed E-state index contributed by atoms with van der Waals surface area (Å²) in [7, 11) is -9.35. The van der Waals surface area contributed by atoms with Gasteiger partial charge in [-0.1, -0.05) is 72.9 Å². The molecule has 3 nitrogen and oxygen atoms in total. The van der Waals surface area contributed by atoms with E-state index in [0.29, 0.717) is 0 Å². The summed E-state index contributed by atoms with van der Waals surface area (Å²) in [5, 5.41) is 0. The van der Waals surface area contributed by atoms with E-state index in [1.807, 2.05) is 36.5 Å². The van der Waals surface area contributed by atoms with Crippen molar-refractivity contribution < 1.29 is 12.6 Å². The third kappa shape index (κ3) is 6.04. The van der Waals surface area contributed by atoms with Gasteiger partial charge in [-0.25, -0.2) is 0 Å². The summed E-state index contributed by atoms with van der Waals surface area (Å²) in [6.07, 6.45) is 26.6. The second-order valence-corrected chi connectivity index (χ2v) is 27.9. The maximum Gasteiger partial charge on any atom is 0.300 e. The van der Waals surface area contributed by atoms with Crippen molar-refractivity contribution in [3.05, 3.63) is 72.9 Å². The zero-order valence-electron chi connectivity index (χ0n) is 20.9. The number of allylic oxidation sites excluding steroid dienone is 12. The highest BCUT2D eigenvalue weighted by Gasteiger charge is 2.55. The molecule has 188 valence electrons. The van der Waals surface area contributed by atoms with Crippen LogP contribution in [0.2, 0.25) is 39.3 Å². The lowest BCUT2D eigenvalue weighted by Crippen LogP contribution is -2.56. The highest BCUT2D eigenvalue weighted by molar-refractivity contribution is 7.48. The van der Waals surface area contributed by atoms with Gasteiger partial charge >= 0.3 is 0 Å². The van der Waals surface area contributed by atoms with Crippen molar-refractivity contribution in [2.45, 2.75) is 72.0 Å². The Morgan fingerprint density at radius 1 is 0.529 bits per heavy atom. The second kappa shape index (κ2) is 10.6. The molecule has 3 rings (SSSR count). The summed E-state index contributed by atoms with van der Waals surface area (Å²) in [4.78, 5) is 0. The molecule has 0 amide bonds. The molecule has 10 heteroatoms. The van der Waals surface area contributed by atoms with Crippen LogP contribution in [0.4, 0.5) is 0 Å². The molecule has 0 saturated heterocycles. The SMILES string of the molecule is C[Si](C)(OP(O[Si](C)(C)C1(Cl)C=CC=CC1)O[Si](C)(C)C1(Cl)C=CC=CC1)C1(Cl)C=CC=CC1. The summed E-state index contributed by atoms with van der Waals surface area (Å²) >= 11 is 21.4. The van der Waals surface area contributed by atoms with E-state index in [1.165, 1.54) is 0 Å². The zero-order valence-corrected chi connectivity index (χ0v) is 27.0. The highest BCUT2D eigenvalue weighted by atomic mass is 35.5. The predicted molar refractivity (Wildman–Crippen MR) is 157 cm³/mol. The molecule has 0 aliphatic heterocycles. The molecule has 0 aromatic carbocycles. The Hall–Kier alpha value is 0.271. The highest BCUT2D eigenvalue weighted by Crippen LogP contribution is 2.56. The van der Waals surface area contributed by atoms with Crippen molar-refractivity contribution in [1.82, 2.24) is 0 Å². The van der Waals surface area contributed by atoms with Crippen LogP contribution in [0, 0.1) is 0 Å². The van der Waals surface area contributed by atoms with E-state index >= 15 is 0 Å². The van der Waals surface area contributed by atoms with E-state index in [4.69, 9.17) is 47.4 Å². The molecular formula is C24H36Cl3O3PSi3. The Morgan fingerprint density at radius 2 is 0.794 bits per heavy atom. The largest absolute Gasteiger partial charge is 0.353 e. The quantitative estimate of drug-likeness (QED) is 0.152. The van der Waals surface area contributed by atoms with Crippen molar-refractivity contribution in [1.29, 1.82) is 0 Å². The molecule has 0 aromatic heterocycles. The average Bonchev–Trinajstić information content (AvgIpc) is 2.74. The molecule has 0 spiro atoms. The van der Waals surface area contributed by atoms with Gasteiger partial charge in [-0.15, -0.1) is 34.8 Å². The van der Waals surface area contributed by atoms with Gasteiger partial charge < -0.3 is 12.6 Å². The van der Waals surface area contributed by atoms with Crippen LogP contribution in [0.5, 0.6) is 0 Å². The normalized spacial score (nSPS) is 32.4. The third-order valence-corrected chi connectivity index (χ3v) is 26.3. The summed E-state index contributed by atoms with van der Waals surface area (Å²) in [5.41, 5.74) is 0. The lowest BCUT2D eigenvalue weighted by Gasteiger charge is -2.46. The number of hydrogen-bond acceptors (Lipinski definition) is 3. The van der Waals surface area contributed by atoms with Crippen LogP contribution in [-0.4, -0.2) is 38.4 Å². The van der Waals surface area contributed by atoms with Crippen LogP contribution >= 0.6 is 43.4 Å². The van der Waals surface area contributed by atoms with Crippen molar-refractivity contribution >= 4 is 68.4 Å². The van der Waals surface area contributed by atoms with Gasteiger partial charge in [0.15, 0.2) is 0 Å². The molecule has 0 saturated carbocycles. The number of hydrogen-bond donors (Lipinski definition) is 0.